The van der Waals surface area contributed by atoms with E-state index in [1.165, 1.54) is 55.1 Å². The van der Waals surface area contributed by atoms with Crippen molar-refractivity contribution in [2.75, 3.05) is 32.2 Å². The lowest BCUT2D eigenvalue weighted by atomic mass is 9.77. The van der Waals surface area contributed by atoms with Gasteiger partial charge in [0, 0.05) is 42.2 Å². The molecule has 1 saturated carbocycles. The van der Waals surface area contributed by atoms with E-state index in [2.05, 4.69) is 19.0 Å². The first kappa shape index (κ1) is 31.9. The second-order valence-electron chi connectivity index (χ2n) is 12.5. The number of methoxy groups -OCH3 is 2. The van der Waals surface area contributed by atoms with Gasteiger partial charge in [0.25, 0.3) is 10.0 Å². The fourth-order valence-corrected chi connectivity index (χ4v) is 9.58. The number of rotatable bonds is 7. The summed E-state index contributed by atoms with van der Waals surface area (Å²) < 4.78 is 80.5. The molecule has 0 atom stereocenters. The molecule has 0 saturated heterocycles. The molecule has 0 unspecified atom stereocenters. The van der Waals surface area contributed by atoms with Crippen molar-refractivity contribution in [2.45, 2.75) is 54.6 Å². The van der Waals surface area contributed by atoms with Crippen LogP contribution >= 0.6 is 0 Å². The maximum absolute atomic E-state index is 14.2. The molecule has 1 fully saturated rings. The zero-order valence-electron chi connectivity index (χ0n) is 26.0. The Labute approximate surface area is 268 Å². The molecule has 0 spiro atoms. The highest BCUT2D eigenvalue weighted by atomic mass is 32.2. The minimum Gasteiger partial charge on any atom is -0.494 e. The Hall–Kier alpha value is -4.10. The van der Waals surface area contributed by atoms with Gasteiger partial charge in [0.15, 0.2) is 21.4 Å². The lowest BCUT2D eigenvalue weighted by Gasteiger charge is -2.34. The zero-order valence-corrected chi connectivity index (χ0v) is 27.7. The standard InChI is InChI=1S/C33H36FN3O7S2/c1-33(2)11-9-21(10-12-33)45(39,40)22-5-7-24-25-8-6-23(18-27(25)32(35-38)26(24)17-22)46(41,42)37-15-13-36(14-16-37)29-20-30(43-3)28(34)19-31(29)44-4/h5-8,13,15,17-21,38H,9-12,14,16H2,1-4H3/b35-32+. The van der Waals surface area contributed by atoms with E-state index in [-0.39, 0.29) is 45.5 Å². The topological polar surface area (TPSA) is 126 Å². The fourth-order valence-electron chi connectivity index (χ4n) is 6.49. The molecule has 3 aromatic rings. The number of anilines is 1. The Morgan fingerprint density at radius 1 is 0.826 bits per heavy atom. The van der Waals surface area contributed by atoms with Crippen LogP contribution in [0, 0.1) is 11.2 Å². The van der Waals surface area contributed by atoms with Gasteiger partial charge in [0.05, 0.1) is 41.5 Å². The Morgan fingerprint density at radius 3 is 2.00 bits per heavy atom. The number of fused-ring (bicyclic) bond motifs is 3. The normalized spacial score (nSPS) is 18.8. The second-order valence-corrected chi connectivity index (χ2v) is 16.7. The van der Waals surface area contributed by atoms with Gasteiger partial charge in [0.1, 0.15) is 11.5 Å². The molecular weight excluding hydrogens is 634 g/mol. The van der Waals surface area contributed by atoms with Crippen LogP contribution in [0.2, 0.25) is 0 Å². The number of nitrogens with zero attached hydrogens (tertiary/aromatic N) is 3. The number of sulfone groups is 1. The predicted octanol–water partition coefficient (Wildman–Crippen LogP) is 5.77. The molecule has 1 N–H and O–H groups in total. The van der Waals surface area contributed by atoms with Crippen molar-refractivity contribution in [1.82, 2.24) is 4.31 Å². The molecule has 3 aromatic carbocycles. The van der Waals surface area contributed by atoms with Gasteiger partial charge in [-0.2, -0.15) is 0 Å². The maximum atomic E-state index is 14.2. The van der Waals surface area contributed by atoms with Crippen molar-refractivity contribution < 1.29 is 35.9 Å². The summed E-state index contributed by atoms with van der Waals surface area (Å²) in [5.74, 6) is -0.279. The summed E-state index contributed by atoms with van der Waals surface area (Å²) >= 11 is 0. The number of sulfonamides is 1. The largest absolute Gasteiger partial charge is 0.494 e. The van der Waals surface area contributed by atoms with Gasteiger partial charge in [-0.1, -0.05) is 31.1 Å². The van der Waals surface area contributed by atoms with Crippen molar-refractivity contribution >= 4 is 31.3 Å². The minimum absolute atomic E-state index is 0.0167. The monoisotopic (exact) mass is 669 g/mol. The van der Waals surface area contributed by atoms with Gasteiger partial charge >= 0.3 is 0 Å². The van der Waals surface area contributed by atoms with E-state index in [0.29, 0.717) is 40.8 Å². The molecular formula is C33H36FN3O7S2. The molecule has 6 rings (SSSR count). The summed E-state index contributed by atoms with van der Waals surface area (Å²) in [5, 5.41) is 13.1. The van der Waals surface area contributed by atoms with Gasteiger partial charge in [0.2, 0.25) is 0 Å². The number of hydrogen-bond acceptors (Lipinski definition) is 9. The molecule has 0 amide bonds. The summed E-state index contributed by atoms with van der Waals surface area (Å²) in [6.07, 6.45) is 5.81. The van der Waals surface area contributed by atoms with Gasteiger partial charge in [-0.3, -0.25) is 4.31 Å². The first-order valence-electron chi connectivity index (χ1n) is 14.9. The van der Waals surface area contributed by atoms with Crippen LogP contribution in [0.4, 0.5) is 10.1 Å². The lowest BCUT2D eigenvalue weighted by Crippen LogP contribution is -2.38. The van der Waals surface area contributed by atoms with Crippen LogP contribution in [0.5, 0.6) is 11.5 Å². The van der Waals surface area contributed by atoms with Gasteiger partial charge < -0.3 is 19.6 Å². The number of benzene rings is 3. The molecule has 0 radical (unpaired) electrons. The summed E-state index contributed by atoms with van der Waals surface area (Å²) in [6.45, 7) is 4.64. The maximum Gasteiger partial charge on any atom is 0.263 e. The van der Waals surface area contributed by atoms with Gasteiger partial charge in [-0.05, 0) is 66.5 Å². The van der Waals surface area contributed by atoms with Gasteiger partial charge in [-0.25, -0.2) is 21.2 Å². The number of ether oxygens (including phenoxy) is 2. The third-order valence-corrected chi connectivity index (χ3v) is 13.3. The van der Waals surface area contributed by atoms with Crippen LogP contribution in [-0.4, -0.2) is 64.6 Å². The van der Waals surface area contributed by atoms with Crippen LogP contribution in [0.15, 0.2) is 75.9 Å². The molecule has 0 aromatic heterocycles. The Balaban J connectivity index is 1.27. The lowest BCUT2D eigenvalue weighted by molar-refractivity contribution is 0.246. The van der Waals surface area contributed by atoms with Crippen molar-refractivity contribution in [3.63, 3.8) is 0 Å². The van der Waals surface area contributed by atoms with Crippen LogP contribution in [0.3, 0.4) is 0 Å². The van der Waals surface area contributed by atoms with E-state index >= 15 is 0 Å². The van der Waals surface area contributed by atoms with E-state index in [1.54, 1.807) is 29.3 Å². The zero-order chi connectivity index (χ0) is 33.0. The number of halogens is 1. The first-order valence-corrected chi connectivity index (χ1v) is 17.9. The van der Waals surface area contributed by atoms with E-state index in [0.717, 1.165) is 12.8 Å². The SMILES string of the molecule is COc1cc(N2C=CN(S(=O)(=O)c3ccc4c(c3)/C(=N/O)c3cc(S(=O)(=O)C5CCC(C)(C)CC5)ccc3-4)CC2)c(OC)cc1F. The summed E-state index contributed by atoms with van der Waals surface area (Å²) in [5.41, 5.74) is 2.87. The van der Waals surface area contributed by atoms with Crippen molar-refractivity contribution in [3.8, 4) is 22.6 Å². The quantitative estimate of drug-likeness (QED) is 0.194. The molecule has 1 aliphatic heterocycles. The van der Waals surface area contributed by atoms with Gasteiger partial charge in [-0.15, -0.1) is 0 Å². The number of oxime groups is 1. The van der Waals surface area contributed by atoms with Crippen LogP contribution in [0.25, 0.3) is 11.1 Å². The molecule has 0 bridgehead atoms. The molecule has 1 heterocycles. The molecule has 2 aliphatic carbocycles. The Bertz CT molecular complexity index is 1980. The minimum atomic E-state index is -4.03. The Morgan fingerprint density at radius 2 is 1.43 bits per heavy atom. The van der Waals surface area contributed by atoms with E-state index in [1.807, 2.05) is 0 Å². The predicted molar refractivity (Wildman–Crippen MR) is 172 cm³/mol. The highest BCUT2D eigenvalue weighted by molar-refractivity contribution is 7.92. The molecule has 46 heavy (non-hydrogen) atoms. The first-order chi connectivity index (χ1) is 21.8. The highest BCUT2D eigenvalue weighted by Crippen LogP contribution is 2.43. The van der Waals surface area contributed by atoms with E-state index in [9.17, 15) is 26.4 Å². The second kappa shape index (κ2) is 11.6. The molecule has 10 nitrogen and oxygen atoms in total. The third kappa shape index (κ3) is 5.38. The van der Waals surface area contributed by atoms with Crippen molar-refractivity contribution in [2.24, 2.45) is 10.6 Å². The highest BCUT2D eigenvalue weighted by Gasteiger charge is 2.37. The Kier molecular flexibility index (Phi) is 8.04. The summed E-state index contributed by atoms with van der Waals surface area (Å²) in [6, 6.07) is 12.1. The average Bonchev–Trinajstić information content (AvgIpc) is 3.36. The van der Waals surface area contributed by atoms with Crippen molar-refractivity contribution in [1.29, 1.82) is 0 Å². The van der Waals surface area contributed by atoms with E-state index in [4.69, 9.17) is 9.47 Å². The average molecular weight is 670 g/mol. The van der Waals surface area contributed by atoms with Crippen LogP contribution in [-0.2, 0) is 19.9 Å². The summed E-state index contributed by atoms with van der Waals surface area (Å²) in [4.78, 5) is 1.89. The molecule has 3 aliphatic rings. The van der Waals surface area contributed by atoms with E-state index < -0.39 is 30.9 Å². The van der Waals surface area contributed by atoms with Crippen LogP contribution < -0.4 is 14.4 Å². The fraction of sp³-hybridized carbons (Fsp3) is 0.364. The summed E-state index contributed by atoms with van der Waals surface area (Å²) in [7, 11) is -4.87. The molecule has 13 heteroatoms. The number of hydrogen-bond donors (Lipinski definition) is 1. The van der Waals surface area contributed by atoms with Crippen LogP contribution in [0.1, 0.15) is 50.7 Å². The molecule has 244 valence electrons. The van der Waals surface area contributed by atoms with Crippen molar-refractivity contribution in [3.05, 3.63) is 77.9 Å². The smallest absolute Gasteiger partial charge is 0.263 e. The third-order valence-electron chi connectivity index (χ3n) is 9.28.